The zero-order valence-corrected chi connectivity index (χ0v) is 10.9. The largest absolute Gasteiger partial charge is 0.480 e. The zero-order chi connectivity index (χ0) is 13.0. The Kier molecular flexibility index (Phi) is 4.56. The van der Waals surface area contributed by atoms with Crippen LogP contribution in [0.15, 0.2) is 4.52 Å². The first-order chi connectivity index (χ1) is 8.66. The number of hydrogen-bond donors (Lipinski definition) is 1. The van der Waals surface area contributed by atoms with Gasteiger partial charge in [-0.25, -0.2) is 4.79 Å². The van der Waals surface area contributed by atoms with Crippen LogP contribution in [-0.2, 0) is 16.1 Å². The maximum atomic E-state index is 10.3. The molecule has 0 radical (unpaired) electrons. The number of carboxylic acid groups (broad SMARTS) is 1. The van der Waals surface area contributed by atoms with Gasteiger partial charge >= 0.3 is 5.97 Å². The smallest absolute Gasteiger partial charge is 0.329 e. The fraction of sp³-hybridized carbons (Fsp3) is 0.700. The van der Waals surface area contributed by atoms with Gasteiger partial charge in [0.05, 0.1) is 6.04 Å². The van der Waals surface area contributed by atoms with Crippen LogP contribution in [0, 0.1) is 0 Å². The molecule has 2 heterocycles. The van der Waals surface area contributed by atoms with E-state index in [2.05, 4.69) is 15.0 Å². The maximum Gasteiger partial charge on any atom is 0.329 e. The zero-order valence-electron chi connectivity index (χ0n) is 10.0. The summed E-state index contributed by atoms with van der Waals surface area (Å²) in [5.74, 6) is 1.98. The topological polar surface area (TPSA) is 88.7 Å². The molecular formula is C10H15N3O4S. The number of hydrogen-bond acceptors (Lipinski definition) is 7. The van der Waals surface area contributed by atoms with E-state index in [1.807, 2.05) is 18.8 Å². The van der Waals surface area contributed by atoms with Crippen molar-refractivity contribution in [3.63, 3.8) is 0 Å². The summed E-state index contributed by atoms with van der Waals surface area (Å²) >= 11 is 1.86. The van der Waals surface area contributed by atoms with Gasteiger partial charge in [-0.2, -0.15) is 16.7 Å². The van der Waals surface area contributed by atoms with Crippen molar-refractivity contribution in [2.24, 2.45) is 0 Å². The third-order valence-electron chi connectivity index (χ3n) is 2.63. The van der Waals surface area contributed by atoms with Crippen LogP contribution in [0.2, 0.25) is 0 Å². The number of thioether (sulfide) groups is 1. The summed E-state index contributed by atoms with van der Waals surface area (Å²) in [6.45, 7) is 0.661. The van der Waals surface area contributed by atoms with Crippen molar-refractivity contribution in [3.05, 3.63) is 11.7 Å². The van der Waals surface area contributed by atoms with E-state index in [1.54, 1.807) is 0 Å². The molecule has 1 aliphatic rings. The third kappa shape index (κ3) is 3.44. The minimum absolute atomic E-state index is 0.0306. The fourth-order valence-electron chi connectivity index (χ4n) is 1.65. The van der Waals surface area contributed by atoms with Crippen LogP contribution in [0.1, 0.15) is 17.8 Å². The van der Waals surface area contributed by atoms with E-state index in [9.17, 15) is 4.79 Å². The highest BCUT2D eigenvalue weighted by atomic mass is 32.2. The normalized spacial score (nSPS) is 21.1. The van der Waals surface area contributed by atoms with E-state index in [-0.39, 0.29) is 19.3 Å². The summed E-state index contributed by atoms with van der Waals surface area (Å²) < 4.78 is 9.93. The molecule has 0 bridgehead atoms. The first-order valence-electron chi connectivity index (χ1n) is 5.57. The van der Waals surface area contributed by atoms with Crippen LogP contribution < -0.4 is 0 Å². The molecule has 0 spiro atoms. The first-order valence-corrected chi connectivity index (χ1v) is 6.72. The third-order valence-corrected chi connectivity index (χ3v) is 3.65. The molecule has 18 heavy (non-hydrogen) atoms. The van der Waals surface area contributed by atoms with Gasteiger partial charge in [-0.15, -0.1) is 0 Å². The summed E-state index contributed by atoms with van der Waals surface area (Å²) in [6, 6.07) is 0.153. The molecule has 0 saturated carbocycles. The fourth-order valence-corrected chi connectivity index (χ4v) is 2.86. The SMILES string of the molecule is CN1CCSCC1c1noc(COCC(=O)O)n1. The number of rotatable bonds is 5. The highest BCUT2D eigenvalue weighted by Crippen LogP contribution is 2.26. The summed E-state index contributed by atoms with van der Waals surface area (Å²) in [7, 11) is 2.03. The van der Waals surface area contributed by atoms with E-state index in [1.165, 1.54) is 0 Å². The number of aromatic nitrogens is 2. The first kappa shape index (κ1) is 13.3. The molecule has 100 valence electrons. The van der Waals surface area contributed by atoms with Crippen LogP contribution in [0.25, 0.3) is 0 Å². The minimum Gasteiger partial charge on any atom is -0.480 e. The second-order valence-electron chi connectivity index (χ2n) is 4.00. The second-order valence-corrected chi connectivity index (χ2v) is 5.15. The molecule has 1 saturated heterocycles. The number of aliphatic carboxylic acids is 1. The van der Waals surface area contributed by atoms with Crippen molar-refractivity contribution in [1.29, 1.82) is 0 Å². The summed E-state index contributed by atoms with van der Waals surface area (Å²) in [5.41, 5.74) is 0. The van der Waals surface area contributed by atoms with Crippen molar-refractivity contribution in [3.8, 4) is 0 Å². The predicted molar refractivity (Wildman–Crippen MR) is 64.3 cm³/mol. The molecule has 1 atom stereocenters. The lowest BCUT2D eigenvalue weighted by Crippen LogP contribution is -2.33. The second kappa shape index (κ2) is 6.17. The van der Waals surface area contributed by atoms with Crippen LogP contribution in [-0.4, -0.2) is 57.8 Å². The van der Waals surface area contributed by atoms with Crippen LogP contribution in [0.5, 0.6) is 0 Å². The van der Waals surface area contributed by atoms with Crippen molar-refractivity contribution in [2.45, 2.75) is 12.6 Å². The minimum atomic E-state index is -1.02. The standard InChI is InChI=1S/C10H15N3O4S/c1-13-2-3-18-6-7(13)10-11-8(17-12-10)4-16-5-9(14)15/h7H,2-6H2,1H3,(H,14,15). The lowest BCUT2D eigenvalue weighted by atomic mass is 10.3. The highest BCUT2D eigenvalue weighted by Gasteiger charge is 2.25. The molecule has 0 amide bonds. The molecule has 1 aromatic rings. The molecule has 7 nitrogen and oxygen atoms in total. The average molecular weight is 273 g/mol. The summed E-state index contributed by atoms with van der Waals surface area (Å²) in [4.78, 5) is 16.7. The Morgan fingerprint density at radius 2 is 2.56 bits per heavy atom. The average Bonchev–Trinajstić information content (AvgIpc) is 2.78. The molecule has 0 aromatic carbocycles. The molecular weight excluding hydrogens is 258 g/mol. The monoisotopic (exact) mass is 273 g/mol. The Bertz CT molecular complexity index is 412. The van der Waals surface area contributed by atoms with E-state index >= 15 is 0 Å². The molecule has 1 fully saturated rings. The van der Waals surface area contributed by atoms with Crippen molar-refractivity contribution >= 4 is 17.7 Å². The van der Waals surface area contributed by atoms with Gasteiger partial charge in [-0.1, -0.05) is 5.16 Å². The summed E-state index contributed by atoms with van der Waals surface area (Å²) in [6.07, 6.45) is 0. The van der Waals surface area contributed by atoms with E-state index in [0.717, 1.165) is 18.1 Å². The van der Waals surface area contributed by atoms with E-state index in [0.29, 0.717) is 11.7 Å². The Morgan fingerprint density at radius 3 is 3.28 bits per heavy atom. The quantitative estimate of drug-likeness (QED) is 0.824. The van der Waals surface area contributed by atoms with Gasteiger partial charge in [-0.3, -0.25) is 4.90 Å². The Morgan fingerprint density at radius 1 is 1.72 bits per heavy atom. The Balaban J connectivity index is 1.90. The maximum absolute atomic E-state index is 10.3. The summed E-state index contributed by atoms with van der Waals surface area (Å²) in [5, 5.41) is 12.4. The highest BCUT2D eigenvalue weighted by molar-refractivity contribution is 7.99. The van der Waals surface area contributed by atoms with Gasteiger partial charge < -0.3 is 14.4 Å². The van der Waals surface area contributed by atoms with Crippen LogP contribution in [0.4, 0.5) is 0 Å². The molecule has 2 rings (SSSR count). The molecule has 0 aliphatic carbocycles. The van der Waals surface area contributed by atoms with E-state index in [4.69, 9.17) is 14.4 Å². The molecule has 8 heteroatoms. The van der Waals surface area contributed by atoms with Crippen molar-refractivity contribution in [2.75, 3.05) is 31.7 Å². The molecule has 1 aliphatic heterocycles. The lowest BCUT2D eigenvalue weighted by molar-refractivity contribution is -0.142. The van der Waals surface area contributed by atoms with Crippen molar-refractivity contribution in [1.82, 2.24) is 15.0 Å². The van der Waals surface area contributed by atoms with Gasteiger partial charge in [0.25, 0.3) is 5.89 Å². The van der Waals surface area contributed by atoms with Gasteiger partial charge in [0, 0.05) is 18.1 Å². The lowest BCUT2D eigenvalue weighted by Gasteiger charge is -2.29. The van der Waals surface area contributed by atoms with Gasteiger partial charge in [-0.05, 0) is 7.05 Å². The molecule has 1 aromatic heterocycles. The van der Waals surface area contributed by atoms with Crippen LogP contribution >= 0.6 is 11.8 Å². The van der Waals surface area contributed by atoms with Crippen LogP contribution in [0.3, 0.4) is 0 Å². The number of carboxylic acids is 1. The Labute approximate surface area is 108 Å². The number of carbonyl (C=O) groups is 1. The Hall–Kier alpha value is -1.12. The van der Waals surface area contributed by atoms with E-state index < -0.39 is 5.97 Å². The number of ether oxygens (including phenoxy) is 1. The molecule has 1 unspecified atom stereocenters. The van der Waals surface area contributed by atoms with Crippen molar-refractivity contribution < 1.29 is 19.2 Å². The van der Waals surface area contributed by atoms with Gasteiger partial charge in [0.15, 0.2) is 5.82 Å². The number of nitrogens with zero attached hydrogens (tertiary/aromatic N) is 3. The van der Waals surface area contributed by atoms with Gasteiger partial charge in [0.2, 0.25) is 0 Å². The molecule has 1 N–H and O–H groups in total. The predicted octanol–water partition coefficient (Wildman–Crippen LogP) is 0.390. The van der Waals surface area contributed by atoms with Gasteiger partial charge in [0.1, 0.15) is 13.2 Å².